The zero-order valence-electron chi connectivity index (χ0n) is 11.0. The molecule has 0 aliphatic carbocycles. The van der Waals surface area contributed by atoms with E-state index in [0.717, 1.165) is 17.9 Å². The van der Waals surface area contributed by atoms with Gasteiger partial charge in [-0.1, -0.05) is 0 Å². The van der Waals surface area contributed by atoms with E-state index in [0.29, 0.717) is 23.3 Å². The summed E-state index contributed by atoms with van der Waals surface area (Å²) in [7, 11) is 1.96. The molecule has 0 unspecified atom stereocenters. The monoisotopic (exact) mass is 273 g/mol. The van der Waals surface area contributed by atoms with E-state index in [1.54, 1.807) is 18.3 Å². The van der Waals surface area contributed by atoms with E-state index in [9.17, 15) is 4.79 Å². The third kappa shape index (κ3) is 2.25. The van der Waals surface area contributed by atoms with Crippen LogP contribution in [0.5, 0.6) is 0 Å². The van der Waals surface area contributed by atoms with Gasteiger partial charge in [0.1, 0.15) is 5.82 Å². The van der Waals surface area contributed by atoms with Crippen LogP contribution < -0.4 is 16.8 Å². The second-order valence-corrected chi connectivity index (χ2v) is 4.58. The number of hydrogen-bond acceptors (Lipinski definition) is 5. The smallest absolute Gasteiger partial charge is 0.408 e. The highest BCUT2D eigenvalue weighted by Gasteiger charge is 2.07. The second kappa shape index (κ2) is 4.76. The first kappa shape index (κ1) is 12.3. The summed E-state index contributed by atoms with van der Waals surface area (Å²) < 4.78 is 6.92. The van der Waals surface area contributed by atoms with Gasteiger partial charge < -0.3 is 20.0 Å². The number of imidazole rings is 1. The van der Waals surface area contributed by atoms with Gasteiger partial charge in [0.05, 0.1) is 16.9 Å². The minimum Gasteiger partial charge on any atom is -0.408 e. The molecule has 0 spiro atoms. The first-order valence-electron chi connectivity index (χ1n) is 6.26. The van der Waals surface area contributed by atoms with Crippen LogP contribution in [-0.4, -0.2) is 21.1 Å². The highest BCUT2D eigenvalue weighted by Crippen LogP contribution is 2.24. The summed E-state index contributed by atoms with van der Waals surface area (Å²) in [4.78, 5) is 18.0. The lowest BCUT2D eigenvalue weighted by molar-refractivity contribution is 0.555. The van der Waals surface area contributed by atoms with Gasteiger partial charge in [-0.25, -0.2) is 9.78 Å². The van der Waals surface area contributed by atoms with Gasteiger partial charge in [-0.05, 0) is 6.07 Å². The van der Waals surface area contributed by atoms with Gasteiger partial charge in [0.25, 0.3) is 0 Å². The molecule has 20 heavy (non-hydrogen) atoms. The predicted molar refractivity (Wildman–Crippen MR) is 76.6 cm³/mol. The number of benzene rings is 1. The van der Waals surface area contributed by atoms with Crippen LogP contribution in [-0.2, 0) is 13.5 Å². The molecule has 0 aliphatic rings. The number of H-pyrrole nitrogens is 1. The van der Waals surface area contributed by atoms with Crippen LogP contribution in [0.2, 0.25) is 0 Å². The molecule has 3 aromatic rings. The van der Waals surface area contributed by atoms with E-state index >= 15 is 0 Å². The van der Waals surface area contributed by atoms with Crippen LogP contribution in [0.15, 0.2) is 33.7 Å². The fourth-order valence-electron chi connectivity index (χ4n) is 2.11. The lowest BCUT2D eigenvalue weighted by Gasteiger charge is -2.09. The molecule has 2 aromatic heterocycles. The van der Waals surface area contributed by atoms with Crippen molar-refractivity contribution in [3.8, 4) is 0 Å². The molecule has 2 heterocycles. The molecule has 0 atom stereocenters. The molecule has 0 saturated carbocycles. The van der Waals surface area contributed by atoms with Crippen molar-refractivity contribution in [1.82, 2.24) is 14.5 Å². The maximum absolute atomic E-state index is 11.1. The topological polar surface area (TPSA) is 102 Å². The van der Waals surface area contributed by atoms with Crippen LogP contribution in [0.3, 0.4) is 0 Å². The van der Waals surface area contributed by atoms with Gasteiger partial charge in [-0.2, -0.15) is 0 Å². The molecule has 0 radical (unpaired) electrons. The standard InChI is InChI=1S/C13H15N5O2/c1-18-5-4-16-12(18)2-3-15-9-7-10-11(6-8(9)14)20-13(19)17-10/h4-7,15H,2-3,14H2,1H3,(H,17,19). The van der Waals surface area contributed by atoms with Crippen molar-refractivity contribution in [1.29, 1.82) is 0 Å². The van der Waals surface area contributed by atoms with Gasteiger partial charge in [-0.3, -0.25) is 4.98 Å². The third-order valence-electron chi connectivity index (χ3n) is 3.18. The second-order valence-electron chi connectivity index (χ2n) is 4.58. The van der Waals surface area contributed by atoms with Crippen molar-refractivity contribution < 1.29 is 4.42 Å². The summed E-state index contributed by atoms with van der Waals surface area (Å²) >= 11 is 0. The van der Waals surface area contributed by atoms with Crippen LogP contribution in [0.25, 0.3) is 11.1 Å². The summed E-state index contributed by atoms with van der Waals surface area (Å²) in [5.74, 6) is 0.512. The Morgan fingerprint density at radius 1 is 1.50 bits per heavy atom. The number of anilines is 2. The third-order valence-corrected chi connectivity index (χ3v) is 3.18. The minimum absolute atomic E-state index is 0.460. The Balaban J connectivity index is 1.75. The molecule has 1 aromatic carbocycles. The van der Waals surface area contributed by atoms with Crippen molar-refractivity contribution >= 4 is 22.5 Å². The fourth-order valence-corrected chi connectivity index (χ4v) is 2.11. The van der Waals surface area contributed by atoms with Crippen LogP contribution in [0.1, 0.15) is 5.82 Å². The Kier molecular flexibility index (Phi) is 2.94. The van der Waals surface area contributed by atoms with Crippen LogP contribution in [0.4, 0.5) is 11.4 Å². The fraction of sp³-hybridized carbons (Fsp3) is 0.231. The SMILES string of the molecule is Cn1ccnc1CCNc1cc2[nH]c(=O)oc2cc1N. The van der Waals surface area contributed by atoms with E-state index in [1.807, 2.05) is 17.8 Å². The predicted octanol–water partition coefficient (Wildman–Crippen LogP) is 1.09. The maximum Gasteiger partial charge on any atom is 0.417 e. The summed E-state index contributed by atoms with van der Waals surface area (Å²) in [5.41, 5.74) is 8.32. The molecule has 0 fully saturated rings. The van der Waals surface area contributed by atoms with Gasteiger partial charge >= 0.3 is 5.76 Å². The van der Waals surface area contributed by atoms with Crippen molar-refractivity contribution in [2.45, 2.75) is 6.42 Å². The van der Waals surface area contributed by atoms with E-state index in [2.05, 4.69) is 15.3 Å². The number of aromatic nitrogens is 3. The van der Waals surface area contributed by atoms with Gasteiger partial charge in [0.15, 0.2) is 5.58 Å². The van der Waals surface area contributed by atoms with Crippen molar-refractivity contribution in [2.75, 3.05) is 17.6 Å². The molecule has 0 aliphatic heterocycles. The minimum atomic E-state index is -0.482. The van der Waals surface area contributed by atoms with E-state index < -0.39 is 5.76 Å². The summed E-state index contributed by atoms with van der Waals surface area (Å²) in [5, 5.41) is 3.24. The quantitative estimate of drug-likeness (QED) is 0.618. The number of fused-ring (bicyclic) bond motifs is 1. The van der Waals surface area contributed by atoms with Gasteiger partial charge in [-0.15, -0.1) is 0 Å². The zero-order valence-corrected chi connectivity index (χ0v) is 11.0. The Bertz CT molecular complexity index is 799. The number of nitrogen functional groups attached to an aromatic ring is 1. The van der Waals surface area contributed by atoms with Crippen molar-refractivity contribution in [3.05, 3.63) is 40.9 Å². The van der Waals surface area contributed by atoms with E-state index in [-0.39, 0.29) is 0 Å². The summed E-state index contributed by atoms with van der Waals surface area (Å²) in [6, 6.07) is 3.41. The molecule has 0 amide bonds. The normalized spacial score (nSPS) is 11.1. The number of hydrogen-bond donors (Lipinski definition) is 3. The van der Waals surface area contributed by atoms with Gasteiger partial charge in [0.2, 0.25) is 0 Å². The molecule has 3 rings (SSSR count). The molecule has 7 heteroatoms. The van der Waals surface area contributed by atoms with Crippen molar-refractivity contribution in [3.63, 3.8) is 0 Å². The van der Waals surface area contributed by atoms with Crippen LogP contribution in [0, 0.1) is 0 Å². The molecule has 104 valence electrons. The Morgan fingerprint density at radius 2 is 2.35 bits per heavy atom. The average Bonchev–Trinajstić information content (AvgIpc) is 2.95. The number of oxazole rings is 1. The van der Waals surface area contributed by atoms with Crippen LogP contribution >= 0.6 is 0 Å². The van der Waals surface area contributed by atoms with E-state index in [1.165, 1.54) is 0 Å². The van der Waals surface area contributed by atoms with E-state index in [4.69, 9.17) is 10.2 Å². The first-order valence-corrected chi connectivity index (χ1v) is 6.26. The molecule has 0 saturated heterocycles. The highest BCUT2D eigenvalue weighted by molar-refractivity contribution is 5.85. The number of rotatable bonds is 4. The lowest BCUT2D eigenvalue weighted by Crippen LogP contribution is -2.09. The summed E-state index contributed by atoms with van der Waals surface area (Å²) in [6.07, 6.45) is 4.46. The Morgan fingerprint density at radius 3 is 3.10 bits per heavy atom. The molecular formula is C13H15N5O2. The number of nitrogens with one attached hydrogen (secondary N) is 2. The molecule has 0 bridgehead atoms. The molecule has 7 nitrogen and oxygen atoms in total. The number of aromatic amines is 1. The first-order chi connectivity index (χ1) is 9.63. The average molecular weight is 273 g/mol. The highest BCUT2D eigenvalue weighted by atomic mass is 16.4. The number of nitrogens with two attached hydrogens (primary N) is 1. The lowest BCUT2D eigenvalue weighted by atomic mass is 10.2. The summed E-state index contributed by atoms with van der Waals surface area (Å²) in [6.45, 7) is 0.697. The molecular weight excluding hydrogens is 258 g/mol. The largest absolute Gasteiger partial charge is 0.417 e. The maximum atomic E-state index is 11.1. The Hall–Kier alpha value is -2.70. The van der Waals surface area contributed by atoms with Crippen molar-refractivity contribution in [2.24, 2.45) is 7.05 Å². The number of nitrogens with zero attached hydrogens (tertiary/aromatic N) is 2. The zero-order chi connectivity index (χ0) is 14.1. The Labute approximate surface area is 114 Å². The number of aryl methyl sites for hydroxylation is 1. The van der Waals surface area contributed by atoms with Gasteiger partial charge in [0, 0.05) is 38.5 Å². The molecule has 4 N–H and O–H groups in total.